The van der Waals surface area contributed by atoms with Crippen molar-refractivity contribution in [1.82, 2.24) is 0 Å². The molecule has 0 heterocycles. The van der Waals surface area contributed by atoms with E-state index in [0.29, 0.717) is 5.92 Å². The second-order valence-electron chi connectivity index (χ2n) is 11.6. The predicted molar refractivity (Wildman–Crippen MR) is 129 cm³/mol. The average Bonchev–Trinajstić information content (AvgIpc) is 2.80. The van der Waals surface area contributed by atoms with Crippen LogP contribution in [0.1, 0.15) is 142 Å². The van der Waals surface area contributed by atoms with Gasteiger partial charge in [-0.3, -0.25) is 0 Å². The number of hydrogen-bond donors (Lipinski definition) is 0. The third-order valence-electron chi connectivity index (χ3n) is 9.74. The summed E-state index contributed by atoms with van der Waals surface area (Å²) in [4.78, 5) is 0. The number of unbranched alkanes of at least 4 members (excludes halogenated alkanes) is 4. The first-order valence-corrected chi connectivity index (χ1v) is 14.1. The monoisotopic (exact) mass is 413 g/mol. The Kier molecular flexibility index (Phi) is 10.1. The van der Waals surface area contributed by atoms with Gasteiger partial charge in [0.1, 0.15) is 0 Å². The highest BCUT2D eigenvalue weighted by atomic mass is 14.5. The Labute approximate surface area is 188 Å². The highest BCUT2D eigenvalue weighted by Crippen LogP contribution is 2.52. The van der Waals surface area contributed by atoms with Crippen LogP contribution in [-0.4, -0.2) is 0 Å². The molecule has 0 spiro atoms. The summed E-state index contributed by atoms with van der Waals surface area (Å²) >= 11 is 0. The zero-order valence-electron chi connectivity index (χ0n) is 20.5. The molecule has 0 radical (unpaired) electrons. The van der Waals surface area contributed by atoms with E-state index < -0.39 is 0 Å². The van der Waals surface area contributed by atoms with Gasteiger partial charge in [0.25, 0.3) is 0 Å². The van der Waals surface area contributed by atoms with E-state index in [2.05, 4.69) is 19.9 Å². The summed E-state index contributed by atoms with van der Waals surface area (Å²) in [6, 6.07) is 2.88. The van der Waals surface area contributed by atoms with Gasteiger partial charge >= 0.3 is 0 Å². The van der Waals surface area contributed by atoms with Crippen molar-refractivity contribution in [1.29, 1.82) is 5.26 Å². The summed E-state index contributed by atoms with van der Waals surface area (Å²) < 4.78 is 0. The third kappa shape index (κ3) is 6.50. The van der Waals surface area contributed by atoms with Crippen molar-refractivity contribution in [3.63, 3.8) is 0 Å². The first-order chi connectivity index (χ1) is 14.7. The molecule has 0 aromatic heterocycles. The van der Waals surface area contributed by atoms with Crippen molar-refractivity contribution >= 4 is 0 Å². The van der Waals surface area contributed by atoms with E-state index in [-0.39, 0.29) is 5.41 Å². The molecule has 0 bridgehead atoms. The van der Waals surface area contributed by atoms with E-state index in [4.69, 9.17) is 0 Å². The highest BCUT2D eigenvalue weighted by Gasteiger charge is 2.44. The van der Waals surface area contributed by atoms with E-state index in [1.807, 2.05) is 0 Å². The molecule has 0 aromatic carbocycles. The average molecular weight is 414 g/mol. The molecule has 3 rings (SSSR count). The van der Waals surface area contributed by atoms with Crippen LogP contribution in [0.5, 0.6) is 0 Å². The van der Waals surface area contributed by atoms with Crippen molar-refractivity contribution < 1.29 is 0 Å². The summed E-state index contributed by atoms with van der Waals surface area (Å²) in [5, 5.41) is 10.1. The largest absolute Gasteiger partial charge is 0.198 e. The Balaban J connectivity index is 1.36. The molecule has 3 aliphatic rings. The molecule has 172 valence electrons. The van der Waals surface area contributed by atoms with Gasteiger partial charge in [-0.05, 0) is 93.8 Å². The molecule has 0 aliphatic heterocycles. The minimum absolute atomic E-state index is 0.0463. The summed E-state index contributed by atoms with van der Waals surface area (Å²) in [5.41, 5.74) is 0.0463. The molecule has 0 N–H and O–H groups in total. The van der Waals surface area contributed by atoms with Gasteiger partial charge in [-0.25, -0.2) is 0 Å². The Morgan fingerprint density at radius 1 is 0.633 bits per heavy atom. The summed E-state index contributed by atoms with van der Waals surface area (Å²) in [6.07, 6.45) is 28.1. The second kappa shape index (κ2) is 12.5. The van der Waals surface area contributed by atoms with E-state index >= 15 is 0 Å². The maximum absolute atomic E-state index is 10.1. The molecule has 3 aliphatic carbocycles. The minimum atomic E-state index is 0.0463. The Hall–Kier alpha value is -0.510. The number of nitriles is 1. The molecule has 0 saturated heterocycles. The van der Waals surface area contributed by atoms with Crippen LogP contribution in [0.4, 0.5) is 0 Å². The Morgan fingerprint density at radius 2 is 1.20 bits per heavy atom. The summed E-state index contributed by atoms with van der Waals surface area (Å²) in [5.74, 6) is 4.66. The highest BCUT2D eigenvalue weighted by molar-refractivity contribution is 5.06. The molecular formula is C29H51N. The van der Waals surface area contributed by atoms with Gasteiger partial charge in [-0.1, -0.05) is 78.1 Å². The van der Waals surface area contributed by atoms with E-state index in [9.17, 15) is 5.26 Å². The van der Waals surface area contributed by atoms with Gasteiger partial charge in [0.2, 0.25) is 0 Å². The molecule has 0 atom stereocenters. The van der Waals surface area contributed by atoms with E-state index in [1.54, 1.807) is 0 Å². The minimum Gasteiger partial charge on any atom is -0.198 e. The maximum atomic E-state index is 10.1. The predicted octanol–water partition coefficient (Wildman–Crippen LogP) is 9.46. The van der Waals surface area contributed by atoms with Crippen LogP contribution >= 0.6 is 0 Å². The van der Waals surface area contributed by atoms with Gasteiger partial charge in [0, 0.05) is 0 Å². The van der Waals surface area contributed by atoms with Crippen molar-refractivity contribution in [2.75, 3.05) is 0 Å². The van der Waals surface area contributed by atoms with E-state index in [1.165, 1.54) is 128 Å². The van der Waals surface area contributed by atoms with Gasteiger partial charge in [-0.15, -0.1) is 0 Å². The first-order valence-electron chi connectivity index (χ1n) is 14.1. The van der Waals surface area contributed by atoms with Crippen LogP contribution in [0, 0.1) is 46.3 Å². The topological polar surface area (TPSA) is 23.8 Å². The zero-order valence-corrected chi connectivity index (χ0v) is 20.5. The molecule has 1 nitrogen and oxygen atoms in total. The summed E-state index contributed by atoms with van der Waals surface area (Å²) in [6.45, 7) is 4.63. The number of rotatable bonds is 10. The lowest BCUT2D eigenvalue weighted by Gasteiger charge is -2.45. The lowest BCUT2D eigenvalue weighted by molar-refractivity contribution is 0.0649. The normalized spacial score (nSPS) is 37.6. The van der Waals surface area contributed by atoms with Crippen LogP contribution in [0.25, 0.3) is 0 Å². The third-order valence-corrected chi connectivity index (χ3v) is 9.74. The standard InChI is InChI=1S/C29H51N/c1-3-5-6-7-8-10-25-11-13-26(14-12-25)27-15-17-28(18-16-27)29(23-30)21-19-24(9-4-2)20-22-29/h24-28H,3-22H2,1-2H3/t24-,25-,26-,27-,28-,29+. The zero-order chi connectivity index (χ0) is 21.2. The first kappa shape index (κ1) is 24.1. The lowest BCUT2D eigenvalue weighted by Crippen LogP contribution is -2.37. The second-order valence-corrected chi connectivity index (χ2v) is 11.6. The van der Waals surface area contributed by atoms with Crippen LogP contribution in [0.15, 0.2) is 0 Å². The molecule has 3 fully saturated rings. The van der Waals surface area contributed by atoms with Crippen LogP contribution < -0.4 is 0 Å². The Bertz CT molecular complexity index is 493. The van der Waals surface area contributed by atoms with Crippen LogP contribution in [-0.2, 0) is 0 Å². The molecule has 1 heteroatoms. The Morgan fingerprint density at radius 3 is 1.77 bits per heavy atom. The van der Waals surface area contributed by atoms with Gasteiger partial charge in [-0.2, -0.15) is 5.26 Å². The van der Waals surface area contributed by atoms with Crippen molar-refractivity contribution in [3.8, 4) is 6.07 Å². The smallest absolute Gasteiger partial charge is 0.0692 e. The van der Waals surface area contributed by atoms with Gasteiger partial charge < -0.3 is 0 Å². The van der Waals surface area contributed by atoms with Crippen LogP contribution in [0.3, 0.4) is 0 Å². The van der Waals surface area contributed by atoms with Crippen LogP contribution in [0.2, 0.25) is 0 Å². The fourth-order valence-corrected chi connectivity index (χ4v) is 7.63. The number of hydrogen-bond acceptors (Lipinski definition) is 1. The van der Waals surface area contributed by atoms with Gasteiger partial charge in [0.05, 0.1) is 11.5 Å². The van der Waals surface area contributed by atoms with Crippen molar-refractivity contribution in [3.05, 3.63) is 0 Å². The molecule has 30 heavy (non-hydrogen) atoms. The van der Waals surface area contributed by atoms with E-state index in [0.717, 1.165) is 23.7 Å². The maximum Gasteiger partial charge on any atom is 0.0692 e. The molecule has 0 unspecified atom stereocenters. The van der Waals surface area contributed by atoms with Gasteiger partial charge in [0.15, 0.2) is 0 Å². The van der Waals surface area contributed by atoms with Crippen molar-refractivity contribution in [2.24, 2.45) is 35.0 Å². The molecule has 0 amide bonds. The fourth-order valence-electron chi connectivity index (χ4n) is 7.63. The number of nitrogens with zero attached hydrogens (tertiary/aromatic N) is 1. The fraction of sp³-hybridized carbons (Fsp3) is 0.966. The quantitative estimate of drug-likeness (QED) is 0.327. The molecule has 0 aromatic rings. The summed E-state index contributed by atoms with van der Waals surface area (Å²) in [7, 11) is 0. The molecule has 3 saturated carbocycles. The SMILES string of the molecule is CCCCCCC[C@H]1CC[C@H]([C@H]2CC[C@H]([C@]3(C#N)CC[C@H](CCC)CC3)CC2)CC1. The lowest BCUT2D eigenvalue weighted by atomic mass is 9.58. The van der Waals surface area contributed by atoms with Crippen molar-refractivity contribution in [2.45, 2.75) is 142 Å². The molecular weight excluding hydrogens is 362 g/mol.